The minimum absolute atomic E-state index is 0.0409. The van der Waals surface area contributed by atoms with Crippen molar-refractivity contribution >= 4 is 27.8 Å². The standard InChI is InChI=1S/C17H20N2O6S/c1-10(2)19-16(23)12-5-4-11(8-13(12)26(19,24)25)15(22)18-17(6-3-7-17)9-14(20)21/h4-5,8,10H,3,6-7,9H2,1-2H3,(H,18,22)(H,20,21). The monoisotopic (exact) mass is 380 g/mol. The topological polar surface area (TPSA) is 121 Å². The van der Waals surface area contributed by atoms with Crippen molar-refractivity contribution in [2.45, 2.75) is 56.0 Å². The van der Waals surface area contributed by atoms with Crippen LogP contribution in [-0.2, 0) is 14.8 Å². The fourth-order valence-electron chi connectivity index (χ4n) is 3.45. The number of carboxylic acid groups (broad SMARTS) is 1. The van der Waals surface area contributed by atoms with Crippen LogP contribution in [0.1, 0.15) is 60.2 Å². The zero-order chi connectivity index (χ0) is 19.3. The molecule has 1 aliphatic carbocycles. The summed E-state index contributed by atoms with van der Waals surface area (Å²) in [5.74, 6) is -2.15. The number of benzene rings is 1. The molecule has 0 bridgehead atoms. The number of carbonyl (C=O) groups is 3. The van der Waals surface area contributed by atoms with Crippen LogP contribution < -0.4 is 5.32 Å². The van der Waals surface area contributed by atoms with Gasteiger partial charge in [-0.2, -0.15) is 0 Å². The van der Waals surface area contributed by atoms with Crippen molar-refractivity contribution in [2.75, 3.05) is 0 Å². The molecule has 0 spiro atoms. The molecule has 0 aromatic heterocycles. The van der Waals surface area contributed by atoms with Gasteiger partial charge in [0.1, 0.15) is 4.90 Å². The van der Waals surface area contributed by atoms with E-state index >= 15 is 0 Å². The highest BCUT2D eigenvalue weighted by atomic mass is 32.2. The molecule has 140 valence electrons. The SMILES string of the molecule is CC(C)N1C(=O)c2ccc(C(=O)NC3(CC(=O)O)CCC3)cc2S1(=O)=O. The quantitative estimate of drug-likeness (QED) is 0.796. The highest BCUT2D eigenvalue weighted by molar-refractivity contribution is 7.90. The van der Waals surface area contributed by atoms with Crippen molar-refractivity contribution in [1.82, 2.24) is 9.62 Å². The van der Waals surface area contributed by atoms with E-state index in [-0.39, 0.29) is 22.4 Å². The summed E-state index contributed by atoms with van der Waals surface area (Å²) in [6, 6.07) is 3.37. The van der Waals surface area contributed by atoms with E-state index in [0.717, 1.165) is 10.7 Å². The smallest absolute Gasteiger partial charge is 0.305 e. The number of sulfonamides is 1. The largest absolute Gasteiger partial charge is 0.481 e. The Morgan fingerprint density at radius 2 is 1.96 bits per heavy atom. The Labute approximate surface area is 151 Å². The van der Waals surface area contributed by atoms with Crippen LogP contribution in [-0.4, -0.2) is 47.2 Å². The average Bonchev–Trinajstić information content (AvgIpc) is 2.70. The van der Waals surface area contributed by atoms with Crippen LogP contribution in [0, 0.1) is 0 Å². The van der Waals surface area contributed by atoms with Gasteiger partial charge in [0, 0.05) is 11.6 Å². The molecule has 1 aliphatic heterocycles. The summed E-state index contributed by atoms with van der Waals surface area (Å²) in [5.41, 5.74) is -0.665. The lowest BCUT2D eigenvalue weighted by Crippen LogP contribution is -2.54. The van der Waals surface area contributed by atoms with Crippen molar-refractivity contribution in [3.8, 4) is 0 Å². The number of fused-ring (bicyclic) bond motifs is 1. The first-order valence-electron chi connectivity index (χ1n) is 8.34. The molecule has 0 radical (unpaired) electrons. The number of carbonyl (C=O) groups excluding carboxylic acids is 2. The van der Waals surface area contributed by atoms with E-state index in [2.05, 4.69) is 5.32 Å². The van der Waals surface area contributed by atoms with Gasteiger partial charge in [0.15, 0.2) is 0 Å². The van der Waals surface area contributed by atoms with Crippen LogP contribution in [0.5, 0.6) is 0 Å². The Balaban J connectivity index is 1.91. The summed E-state index contributed by atoms with van der Waals surface area (Å²) < 4.78 is 26.0. The molecule has 2 amide bonds. The fourth-order valence-corrected chi connectivity index (χ4v) is 5.24. The number of nitrogens with zero attached hydrogens (tertiary/aromatic N) is 1. The van der Waals surface area contributed by atoms with E-state index in [1.54, 1.807) is 13.8 Å². The van der Waals surface area contributed by atoms with Gasteiger partial charge in [-0.25, -0.2) is 12.7 Å². The van der Waals surface area contributed by atoms with Crippen LogP contribution in [0.4, 0.5) is 0 Å². The lowest BCUT2D eigenvalue weighted by molar-refractivity contribution is -0.139. The number of rotatable bonds is 5. The number of carboxylic acids is 1. The summed E-state index contributed by atoms with van der Waals surface area (Å²) in [7, 11) is -4.00. The lowest BCUT2D eigenvalue weighted by atomic mass is 9.74. The summed E-state index contributed by atoms with van der Waals surface area (Å²) >= 11 is 0. The first kappa shape index (κ1) is 18.4. The van der Waals surface area contributed by atoms with Gasteiger partial charge in [0.05, 0.1) is 17.5 Å². The van der Waals surface area contributed by atoms with Crippen LogP contribution in [0.3, 0.4) is 0 Å². The maximum atomic E-state index is 12.6. The van der Waals surface area contributed by atoms with Gasteiger partial charge >= 0.3 is 5.97 Å². The number of hydrogen-bond donors (Lipinski definition) is 2. The van der Waals surface area contributed by atoms with E-state index in [4.69, 9.17) is 5.11 Å². The molecule has 26 heavy (non-hydrogen) atoms. The molecule has 1 heterocycles. The highest BCUT2D eigenvalue weighted by Gasteiger charge is 2.44. The summed E-state index contributed by atoms with van der Waals surface area (Å²) in [6.07, 6.45) is 1.77. The summed E-state index contributed by atoms with van der Waals surface area (Å²) in [4.78, 5) is 35.7. The van der Waals surface area contributed by atoms with E-state index in [0.29, 0.717) is 12.8 Å². The molecule has 9 heteroatoms. The van der Waals surface area contributed by atoms with E-state index in [9.17, 15) is 22.8 Å². The van der Waals surface area contributed by atoms with Crippen LogP contribution >= 0.6 is 0 Å². The molecule has 2 N–H and O–H groups in total. The van der Waals surface area contributed by atoms with Crippen molar-refractivity contribution in [3.05, 3.63) is 29.3 Å². The van der Waals surface area contributed by atoms with Gasteiger partial charge in [-0.3, -0.25) is 14.4 Å². The maximum Gasteiger partial charge on any atom is 0.305 e. The summed E-state index contributed by atoms with van der Waals surface area (Å²) in [6.45, 7) is 3.20. The molecular formula is C17H20N2O6S. The van der Waals surface area contributed by atoms with Gasteiger partial charge in [-0.1, -0.05) is 0 Å². The minimum Gasteiger partial charge on any atom is -0.481 e. The molecule has 2 aliphatic rings. The van der Waals surface area contributed by atoms with Crippen LogP contribution in [0.2, 0.25) is 0 Å². The zero-order valence-corrected chi connectivity index (χ0v) is 15.3. The van der Waals surface area contributed by atoms with Gasteiger partial charge < -0.3 is 10.4 Å². The van der Waals surface area contributed by atoms with Crippen molar-refractivity contribution in [2.24, 2.45) is 0 Å². The predicted molar refractivity (Wildman–Crippen MR) is 91.2 cm³/mol. The van der Waals surface area contributed by atoms with E-state index in [1.807, 2.05) is 0 Å². The Hall–Kier alpha value is -2.42. The van der Waals surface area contributed by atoms with Gasteiger partial charge in [0.25, 0.3) is 21.8 Å². The molecule has 1 fully saturated rings. The second-order valence-corrected chi connectivity index (χ2v) is 8.85. The number of amides is 2. The van der Waals surface area contributed by atoms with E-state index < -0.39 is 39.4 Å². The van der Waals surface area contributed by atoms with E-state index in [1.165, 1.54) is 18.2 Å². The van der Waals surface area contributed by atoms with Crippen LogP contribution in [0.25, 0.3) is 0 Å². The molecule has 3 rings (SSSR count). The maximum absolute atomic E-state index is 12.6. The Morgan fingerprint density at radius 3 is 2.46 bits per heavy atom. The van der Waals surface area contributed by atoms with Crippen molar-refractivity contribution in [3.63, 3.8) is 0 Å². The first-order valence-corrected chi connectivity index (χ1v) is 9.78. The number of hydrogen-bond acceptors (Lipinski definition) is 5. The second kappa shape index (κ2) is 6.08. The Morgan fingerprint density at radius 1 is 1.31 bits per heavy atom. The van der Waals surface area contributed by atoms with Gasteiger partial charge in [-0.15, -0.1) is 0 Å². The highest BCUT2D eigenvalue weighted by Crippen LogP contribution is 2.36. The minimum atomic E-state index is -4.00. The van der Waals surface area contributed by atoms with Crippen molar-refractivity contribution in [1.29, 1.82) is 0 Å². The van der Waals surface area contributed by atoms with Gasteiger partial charge in [0.2, 0.25) is 0 Å². The second-order valence-electron chi connectivity index (χ2n) is 7.07. The molecular weight excluding hydrogens is 360 g/mol. The number of aliphatic carboxylic acids is 1. The third-order valence-electron chi connectivity index (χ3n) is 4.86. The Bertz CT molecular complexity index is 902. The van der Waals surface area contributed by atoms with Gasteiger partial charge in [-0.05, 0) is 51.3 Å². The summed E-state index contributed by atoms with van der Waals surface area (Å²) in [5, 5.41) is 11.8. The first-order chi connectivity index (χ1) is 12.1. The normalized spacial score (nSPS) is 19.8. The molecule has 1 aromatic rings. The zero-order valence-electron chi connectivity index (χ0n) is 14.5. The third-order valence-corrected chi connectivity index (χ3v) is 6.86. The molecule has 8 nitrogen and oxygen atoms in total. The molecule has 0 saturated heterocycles. The third kappa shape index (κ3) is 2.86. The fraction of sp³-hybridized carbons (Fsp3) is 0.471. The average molecular weight is 380 g/mol. The molecule has 0 atom stereocenters. The molecule has 1 aromatic carbocycles. The van der Waals surface area contributed by atoms with Crippen molar-refractivity contribution < 1.29 is 27.9 Å². The molecule has 1 saturated carbocycles. The lowest BCUT2D eigenvalue weighted by Gasteiger charge is -2.41. The Kier molecular flexibility index (Phi) is 4.30. The predicted octanol–water partition coefficient (Wildman–Crippen LogP) is 1.37. The molecule has 0 unspecified atom stereocenters. The van der Waals surface area contributed by atoms with Crippen LogP contribution in [0.15, 0.2) is 23.1 Å². The number of nitrogens with one attached hydrogen (secondary N) is 1.